The van der Waals surface area contributed by atoms with Gasteiger partial charge in [0.25, 0.3) is 0 Å². The minimum Gasteiger partial charge on any atom is -0.396 e. The molecule has 0 spiro atoms. The van der Waals surface area contributed by atoms with Gasteiger partial charge in [0.05, 0.1) is 0 Å². The second kappa shape index (κ2) is 2.89. The molecule has 1 rings (SSSR count). The van der Waals surface area contributed by atoms with Gasteiger partial charge in [-0.3, -0.25) is 0 Å². The van der Waals surface area contributed by atoms with Gasteiger partial charge in [-0.25, -0.2) is 0 Å². The highest BCUT2D eigenvalue weighted by atomic mass is 16.3. The van der Waals surface area contributed by atoms with E-state index in [2.05, 4.69) is 18.7 Å². The van der Waals surface area contributed by atoms with Crippen LogP contribution in [0, 0.1) is 5.41 Å². The fourth-order valence-electron chi connectivity index (χ4n) is 1.62. The van der Waals surface area contributed by atoms with Gasteiger partial charge in [0, 0.05) is 26.2 Å². The third kappa shape index (κ3) is 1.96. The summed E-state index contributed by atoms with van der Waals surface area (Å²) in [6, 6.07) is 0. The molecule has 1 heterocycles. The van der Waals surface area contributed by atoms with Crippen LogP contribution in [0.15, 0.2) is 0 Å². The number of aliphatic hydroxyl groups excluding tert-OH is 1. The first-order valence-corrected chi connectivity index (χ1v) is 3.97. The summed E-state index contributed by atoms with van der Waals surface area (Å²) >= 11 is 0. The third-order valence-electron chi connectivity index (χ3n) is 1.94. The topological polar surface area (TPSA) is 23.5 Å². The summed E-state index contributed by atoms with van der Waals surface area (Å²) in [5.41, 5.74) is 0.537. The van der Waals surface area contributed by atoms with Crippen LogP contribution in [0.4, 0.5) is 0 Å². The predicted molar refractivity (Wildman–Crippen MR) is 41.9 cm³/mol. The number of nitrogens with zero attached hydrogens (tertiary/aromatic N) is 1. The summed E-state index contributed by atoms with van der Waals surface area (Å²) in [5, 5.41) is 8.54. The number of aliphatic hydroxyl groups is 1. The lowest BCUT2D eigenvalue weighted by molar-refractivity contribution is 0.0267. The van der Waals surface area contributed by atoms with Crippen LogP contribution in [0.5, 0.6) is 0 Å². The van der Waals surface area contributed by atoms with Crippen LogP contribution >= 0.6 is 0 Å². The number of hydrogen-bond acceptors (Lipinski definition) is 2. The van der Waals surface area contributed by atoms with Gasteiger partial charge in [-0.1, -0.05) is 13.8 Å². The smallest absolute Gasteiger partial charge is 0.0443 e. The molecule has 1 aliphatic heterocycles. The van der Waals surface area contributed by atoms with E-state index in [1.165, 1.54) is 13.1 Å². The summed E-state index contributed by atoms with van der Waals surface area (Å²) in [4.78, 5) is 2.39. The van der Waals surface area contributed by atoms with E-state index in [1.54, 1.807) is 0 Å². The van der Waals surface area contributed by atoms with Gasteiger partial charge in [-0.15, -0.1) is 0 Å². The van der Waals surface area contributed by atoms with E-state index in [0.717, 1.165) is 13.0 Å². The van der Waals surface area contributed by atoms with E-state index in [0.29, 0.717) is 12.0 Å². The molecule has 0 aromatic carbocycles. The van der Waals surface area contributed by atoms with Gasteiger partial charge >= 0.3 is 0 Å². The molecule has 60 valence electrons. The Bertz CT molecular complexity index is 104. The largest absolute Gasteiger partial charge is 0.396 e. The van der Waals surface area contributed by atoms with Gasteiger partial charge in [0.15, 0.2) is 0 Å². The highest BCUT2D eigenvalue weighted by molar-refractivity contribution is 4.86. The Labute approximate surface area is 62.8 Å². The van der Waals surface area contributed by atoms with Crippen molar-refractivity contribution >= 4 is 0 Å². The molecule has 0 radical (unpaired) electrons. The Hall–Kier alpha value is -0.0800. The van der Waals surface area contributed by atoms with E-state index in [1.807, 2.05) is 0 Å². The van der Waals surface area contributed by atoms with Gasteiger partial charge in [-0.2, -0.15) is 0 Å². The Morgan fingerprint density at radius 2 is 2.00 bits per heavy atom. The molecule has 1 saturated heterocycles. The quantitative estimate of drug-likeness (QED) is 0.629. The monoisotopic (exact) mass is 143 g/mol. The maximum atomic E-state index is 8.54. The van der Waals surface area contributed by atoms with Crippen molar-refractivity contribution in [3.8, 4) is 0 Å². The van der Waals surface area contributed by atoms with Crippen LogP contribution in [-0.2, 0) is 0 Å². The molecule has 0 aromatic rings. The van der Waals surface area contributed by atoms with E-state index >= 15 is 0 Å². The van der Waals surface area contributed by atoms with E-state index in [4.69, 9.17) is 5.11 Å². The summed E-state index contributed by atoms with van der Waals surface area (Å²) in [6.45, 7) is 8.36. The van der Waals surface area contributed by atoms with Gasteiger partial charge < -0.3 is 10.0 Å². The fourth-order valence-corrected chi connectivity index (χ4v) is 1.62. The molecular formula is C8H17NO. The molecule has 0 bridgehead atoms. The van der Waals surface area contributed by atoms with Gasteiger partial charge in [0.1, 0.15) is 0 Å². The van der Waals surface area contributed by atoms with Crippen LogP contribution in [0.2, 0.25) is 0 Å². The second-order valence-electron chi connectivity index (χ2n) is 3.95. The van der Waals surface area contributed by atoms with Crippen LogP contribution in [-0.4, -0.2) is 36.2 Å². The molecule has 0 aromatic heterocycles. The molecule has 10 heavy (non-hydrogen) atoms. The highest BCUT2D eigenvalue weighted by Crippen LogP contribution is 2.28. The minimum absolute atomic E-state index is 0.330. The first-order chi connectivity index (χ1) is 4.64. The van der Waals surface area contributed by atoms with Crippen LogP contribution < -0.4 is 0 Å². The molecule has 0 amide bonds. The van der Waals surface area contributed by atoms with Crippen molar-refractivity contribution in [1.82, 2.24) is 4.90 Å². The molecule has 0 saturated carbocycles. The summed E-state index contributed by atoms with van der Waals surface area (Å²) in [7, 11) is 0. The van der Waals surface area contributed by atoms with Crippen molar-refractivity contribution in [3.05, 3.63) is 0 Å². The zero-order valence-corrected chi connectivity index (χ0v) is 6.93. The van der Waals surface area contributed by atoms with Crippen molar-refractivity contribution in [2.24, 2.45) is 5.41 Å². The first-order valence-electron chi connectivity index (χ1n) is 3.97. The molecular weight excluding hydrogens is 126 g/mol. The molecule has 0 unspecified atom stereocenters. The predicted octanol–water partition coefficient (Wildman–Crippen LogP) is 0.711. The lowest BCUT2D eigenvalue weighted by Gasteiger charge is -2.45. The van der Waals surface area contributed by atoms with Crippen LogP contribution in [0.25, 0.3) is 0 Å². The van der Waals surface area contributed by atoms with Crippen molar-refractivity contribution < 1.29 is 5.11 Å². The lowest BCUT2D eigenvalue weighted by atomic mass is 9.84. The van der Waals surface area contributed by atoms with Crippen molar-refractivity contribution in [2.75, 3.05) is 26.2 Å². The average molecular weight is 143 g/mol. The fraction of sp³-hybridized carbons (Fsp3) is 1.00. The standard InChI is InChI=1S/C8H17NO/c1-8(2)6-9(7-8)4-3-5-10/h10H,3-7H2,1-2H3. The molecule has 0 aliphatic carbocycles. The Kier molecular flexibility index (Phi) is 2.32. The second-order valence-corrected chi connectivity index (χ2v) is 3.95. The SMILES string of the molecule is CC1(C)CN(CCCO)C1. The number of hydrogen-bond donors (Lipinski definition) is 1. The summed E-state index contributed by atoms with van der Waals surface area (Å²) in [5.74, 6) is 0. The minimum atomic E-state index is 0.330. The number of likely N-dealkylation sites (tertiary alicyclic amines) is 1. The zero-order valence-electron chi connectivity index (χ0n) is 6.93. The average Bonchev–Trinajstić information content (AvgIpc) is 1.78. The third-order valence-corrected chi connectivity index (χ3v) is 1.94. The van der Waals surface area contributed by atoms with E-state index in [-0.39, 0.29) is 0 Å². The summed E-state index contributed by atoms with van der Waals surface area (Å²) in [6.07, 6.45) is 0.927. The normalized spacial score (nSPS) is 24.3. The molecule has 1 aliphatic rings. The van der Waals surface area contributed by atoms with Crippen molar-refractivity contribution in [3.63, 3.8) is 0 Å². The number of rotatable bonds is 3. The summed E-state index contributed by atoms with van der Waals surface area (Å²) < 4.78 is 0. The molecule has 1 fully saturated rings. The van der Waals surface area contributed by atoms with Gasteiger partial charge in [0.2, 0.25) is 0 Å². The Morgan fingerprint density at radius 3 is 2.40 bits per heavy atom. The molecule has 2 nitrogen and oxygen atoms in total. The Morgan fingerprint density at radius 1 is 1.40 bits per heavy atom. The van der Waals surface area contributed by atoms with Crippen molar-refractivity contribution in [2.45, 2.75) is 20.3 Å². The molecule has 2 heteroatoms. The zero-order chi connectivity index (χ0) is 7.61. The first kappa shape index (κ1) is 8.02. The van der Waals surface area contributed by atoms with E-state index < -0.39 is 0 Å². The molecule has 0 atom stereocenters. The van der Waals surface area contributed by atoms with E-state index in [9.17, 15) is 0 Å². The molecule has 1 N–H and O–H groups in total. The highest BCUT2D eigenvalue weighted by Gasteiger charge is 2.32. The van der Waals surface area contributed by atoms with Crippen LogP contribution in [0.1, 0.15) is 20.3 Å². The van der Waals surface area contributed by atoms with Crippen LogP contribution in [0.3, 0.4) is 0 Å². The Balaban J connectivity index is 2.03. The van der Waals surface area contributed by atoms with Gasteiger partial charge in [-0.05, 0) is 11.8 Å². The maximum absolute atomic E-state index is 8.54. The maximum Gasteiger partial charge on any atom is 0.0443 e. The van der Waals surface area contributed by atoms with Crippen molar-refractivity contribution in [1.29, 1.82) is 0 Å². The lowest BCUT2D eigenvalue weighted by Crippen LogP contribution is -2.53.